The van der Waals surface area contributed by atoms with Crippen LogP contribution in [-0.2, 0) is 13.0 Å². The van der Waals surface area contributed by atoms with E-state index in [0.29, 0.717) is 30.8 Å². The highest BCUT2D eigenvalue weighted by Gasteiger charge is 2.23. The largest absolute Gasteiger partial charge is 0.465 e. The van der Waals surface area contributed by atoms with Gasteiger partial charge < -0.3 is 10.0 Å². The van der Waals surface area contributed by atoms with Crippen LogP contribution in [-0.4, -0.2) is 33.9 Å². The number of thiazole rings is 1. The van der Waals surface area contributed by atoms with E-state index in [0.717, 1.165) is 10.6 Å². The lowest BCUT2D eigenvalue weighted by atomic mass is 10.2. The molecule has 1 aromatic heterocycles. The summed E-state index contributed by atoms with van der Waals surface area (Å²) in [7, 11) is 0. The van der Waals surface area contributed by atoms with Gasteiger partial charge in [0.2, 0.25) is 0 Å². The van der Waals surface area contributed by atoms with Crippen molar-refractivity contribution in [1.82, 2.24) is 9.88 Å². The van der Waals surface area contributed by atoms with Gasteiger partial charge in [0.05, 0.1) is 12.2 Å². The number of rotatable bonds is 1. The average molecular weight is 212 g/mol. The summed E-state index contributed by atoms with van der Waals surface area (Å²) >= 11 is 1.35. The first-order valence-electron chi connectivity index (χ1n) is 4.12. The van der Waals surface area contributed by atoms with Crippen molar-refractivity contribution in [3.05, 3.63) is 15.6 Å². The van der Waals surface area contributed by atoms with Crippen molar-refractivity contribution in [3.63, 3.8) is 0 Å². The SMILES string of the molecule is O=Cc1nc2c(s1)CCN(C(=O)O)C2. The molecule has 0 aromatic carbocycles. The number of carboxylic acid groups (broad SMARTS) is 1. The van der Waals surface area contributed by atoms with Gasteiger partial charge in [-0.25, -0.2) is 9.78 Å². The molecule has 1 aliphatic heterocycles. The number of carbonyl (C=O) groups is 2. The predicted octanol–water partition coefficient (Wildman–Crippen LogP) is 0.992. The van der Waals surface area contributed by atoms with Gasteiger partial charge in [0.1, 0.15) is 0 Å². The summed E-state index contributed by atoms with van der Waals surface area (Å²) in [6.45, 7) is 0.790. The molecule has 1 amide bonds. The van der Waals surface area contributed by atoms with Gasteiger partial charge in [0.15, 0.2) is 11.3 Å². The number of hydrogen-bond acceptors (Lipinski definition) is 4. The van der Waals surface area contributed by atoms with E-state index in [-0.39, 0.29) is 0 Å². The van der Waals surface area contributed by atoms with Crippen molar-refractivity contribution in [3.8, 4) is 0 Å². The highest BCUT2D eigenvalue weighted by Crippen LogP contribution is 2.23. The fourth-order valence-corrected chi connectivity index (χ4v) is 2.31. The molecule has 1 N–H and O–H groups in total. The number of amides is 1. The van der Waals surface area contributed by atoms with Crippen molar-refractivity contribution in [2.45, 2.75) is 13.0 Å². The zero-order valence-electron chi connectivity index (χ0n) is 7.27. The summed E-state index contributed by atoms with van der Waals surface area (Å²) in [5.74, 6) is 0. The molecule has 1 aromatic rings. The Bertz CT molecular complexity index is 388. The van der Waals surface area contributed by atoms with Crippen molar-refractivity contribution in [2.24, 2.45) is 0 Å². The first kappa shape index (κ1) is 9.14. The molecule has 0 bridgehead atoms. The number of aromatic nitrogens is 1. The number of carbonyl (C=O) groups excluding carboxylic acids is 1. The van der Waals surface area contributed by atoms with Crippen molar-refractivity contribution < 1.29 is 14.7 Å². The van der Waals surface area contributed by atoms with Crippen molar-refractivity contribution in [2.75, 3.05) is 6.54 Å². The smallest absolute Gasteiger partial charge is 0.407 e. The number of fused-ring (bicyclic) bond motifs is 1. The van der Waals surface area contributed by atoms with Crippen LogP contribution in [0.2, 0.25) is 0 Å². The zero-order chi connectivity index (χ0) is 10.1. The van der Waals surface area contributed by atoms with Gasteiger partial charge in [-0.05, 0) is 0 Å². The molecule has 74 valence electrons. The molecule has 6 heteroatoms. The maximum atomic E-state index is 10.7. The average Bonchev–Trinajstić information content (AvgIpc) is 2.58. The molecule has 0 fully saturated rings. The van der Waals surface area contributed by atoms with Crippen LogP contribution in [0.3, 0.4) is 0 Å². The normalized spacial score (nSPS) is 15.0. The monoisotopic (exact) mass is 212 g/mol. The van der Waals surface area contributed by atoms with Crippen LogP contribution in [0.1, 0.15) is 20.4 Å². The lowest BCUT2D eigenvalue weighted by molar-refractivity contribution is 0.112. The zero-order valence-corrected chi connectivity index (χ0v) is 8.08. The van der Waals surface area contributed by atoms with E-state index in [1.807, 2.05) is 0 Å². The molecule has 2 heterocycles. The van der Waals surface area contributed by atoms with Gasteiger partial charge in [0, 0.05) is 17.8 Å². The van der Waals surface area contributed by atoms with E-state index in [2.05, 4.69) is 4.98 Å². The molecule has 5 nitrogen and oxygen atoms in total. The molecular formula is C8H8N2O3S. The van der Waals surface area contributed by atoms with E-state index in [9.17, 15) is 9.59 Å². The molecule has 0 saturated carbocycles. The second-order valence-electron chi connectivity index (χ2n) is 2.99. The van der Waals surface area contributed by atoms with E-state index >= 15 is 0 Å². The summed E-state index contributed by atoms with van der Waals surface area (Å²) in [6.07, 6.45) is 0.428. The fraction of sp³-hybridized carbons (Fsp3) is 0.375. The first-order chi connectivity index (χ1) is 6.70. The minimum Gasteiger partial charge on any atom is -0.465 e. The van der Waals surface area contributed by atoms with Crippen molar-refractivity contribution in [1.29, 1.82) is 0 Å². The maximum Gasteiger partial charge on any atom is 0.407 e. The molecule has 0 aliphatic carbocycles. The van der Waals surface area contributed by atoms with Crippen LogP contribution in [0.4, 0.5) is 4.79 Å². The Labute approximate surface area is 84.0 Å². The minimum absolute atomic E-state index is 0.301. The van der Waals surface area contributed by atoms with E-state index in [1.165, 1.54) is 16.2 Å². The molecule has 2 rings (SSSR count). The molecule has 0 spiro atoms. The van der Waals surface area contributed by atoms with Gasteiger partial charge in [-0.1, -0.05) is 0 Å². The Balaban J connectivity index is 2.25. The van der Waals surface area contributed by atoms with Crippen LogP contribution < -0.4 is 0 Å². The third-order valence-corrected chi connectivity index (χ3v) is 3.20. The van der Waals surface area contributed by atoms with E-state index < -0.39 is 6.09 Å². The summed E-state index contributed by atoms with van der Waals surface area (Å²) in [5, 5.41) is 9.19. The predicted molar refractivity (Wildman–Crippen MR) is 49.6 cm³/mol. The van der Waals surface area contributed by atoms with Gasteiger partial charge in [0.25, 0.3) is 0 Å². The van der Waals surface area contributed by atoms with E-state index in [4.69, 9.17) is 5.11 Å². The van der Waals surface area contributed by atoms with Crippen LogP contribution in [0.15, 0.2) is 0 Å². The summed E-state index contributed by atoms with van der Waals surface area (Å²) in [6, 6.07) is 0. The maximum absolute atomic E-state index is 10.7. The molecule has 0 unspecified atom stereocenters. The lowest BCUT2D eigenvalue weighted by Gasteiger charge is -2.22. The van der Waals surface area contributed by atoms with Gasteiger partial charge >= 0.3 is 6.09 Å². The number of hydrogen-bond donors (Lipinski definition) is 1. The summed E-state index contributed by atoms with van der Waals surface area (Å²) in [4.78, 5) is 27.5. The molecule has 0 saturated heterocycles. The van der Waals surface area contributed by atoms with Crippen LogP contribution in [0.25, 0.3) is 0 Å². The third-order valence-electron chi connectivity index (χ3n) is 2.12. The lowest BCUT2D eigenvalue weighted by Crippen LogP contribution is -2.34. The van der Waals surface area contributed by atoms with Crippen molar-refractivity contribution >= 4 is 23.7 Å². The molecular weight excluding hydrogens is 204 g/mol. The molecule has 0 radical (unpaired) electrons. The third kappa shape index (κ3) is 1.48. The Kier molecular flexibility index (Phi) is 2.20. The first-order valence-corrected chi connectivity index (χ1v) is 4.94. The van der Waals surface area contributed by atoms with Gasteiger partial charge in [-0.2, -0.15) is 0 Å². The summed E-state index contributed by atoms with van der Waals surface area (Å²) in [5.41, 5.74) is 0.728. The Hall–Kier alpha value is -1.43. The minimum atomic E-state index is -0.934. The van der Waals surface area contributed by atoms with Gasteiger partial charge in [-0.3, -0.25) is 4.79 Å². The highest BCUT2D eigenvalue weighted by atomic mass is 32.1. The molecule has 0 atom stereocenters. The molecule has 1 aliphatic rings. The van der Waals surface area contributed by atoms with E-state index in [1.54, 1.807) is 0 Å². The Morgan fingerprint density at radius 2 is 2.43 bits per heavy atom. The van der Waals surface area contributed by atoms with Crippen LogP contribution >= 0.6 is 11.3 Å². The Morgan fingerprint density at radius 3 is 3.07 bits per heavy atom. The van der Waals surface area contributed by atoms with Crippen LogP contribution in [0, 0.1) is 0 Å². The Morgan fingerprint density at radius 1 is 1.64 bits per heavy atom. The van der Waals surface area contributed by atoms with Gasteiger partial charge in [-0.15, -0.1) is 11.3 Å². The summed E-state index contributed by atoms with van der Waals surface area (Å²) < 4.78 is 0. The van der Waals surface area contributed by atoms with Crippen LogP contribution in [0.5, 0.6) is 0 Å². The number of nitrogens with zero attached hydrogens (tertiary/aromatic N) is 2. The quantitative estimate of drug-likeness (QED) is 0.705. The standard InChI is InChI=1S/C8H8N2O3S/c11-4-7-9-5-3-10(8(12)13)2-1-6(5)14-7/h4H,1-3H2,(H,12,13). The second-order valence-corrected chi connectivity index (χ2v) is 4.11. The number of aldehydes is 1. The highest BCUT2D eigenvalue weighted by molar-refractivity contribution is 7.13. The topological polar surface area (TPSA) is 70.5 Å². The fourth-order valence-electron chi connectivity index (χ4n) is 1.43. The second kappa shape index (κ2) is 3.38. The molecule has 14 heavy (non-hydrogen) atoms.